The zero-order chi connectivity index (χ0) is 16.4. The van der Waals surface area contributed by atoms with Gasteiger partial charge in [-0.1, -0.05) is 6.07 Å². The van der Waals surface area contributed by atoms with E-state index in [1.165, 1.54) is 30.3 Å². The predicted octanol–water partition coefficient (Wildman–Crippen LogP) is 1.08. The van der Waals surface area contributed by atoms with Crippen molar-refractivity contribution < 1.29 is 19.0 Å². The van der Waals surface area contributed by atoms with E-state index in [4.69, 9.17) is 4.74 Å². The summed E-state index contributed by atoms with van der Waals surface area (Å²) in [5.74, 6) is -1.17. The number of carbonyl (C=O) groups excluding carboxylic acids is 1. The molecule has 1 aromatic heterocycles. The first-order valence-electron chi connectivity index (χ1n) is 7.25. The molecule has 7 nitrogen and oxygen atoms in total. The summed E-state index contributed by atoms with van der Waals surface area (Å²) in [5, 5.41) is 20.8. The van der Waals surface area contributed by atoms with Crippen molar-refractivity contribution in [1.82, 2.24) is 20.3 Å². The molecule has 1 aromatic carbocycles. The first-order chi connectivity index (χ1) is 11.0. The van der Waals surface area contributed by atoms with Gasteiger partial charge in [-0.3, -0.25) is 4.79 Å². The Bertz CT molecular complexity index is 707. The number of carbonyl (C=O) groups is 1. The minimum absolute atomic E-state index is 0.0135. The van der Waals surface area contributed by atoms with E-state index >= 15 is 0 Å². The molecule has 0 radical (unpaired) electrons. The highest BCUT2D eigenvalue weighted by Crippen LogP contribution is 2.31. The van der Waals surface area contributed by atoms with Crippen LogP contribution in [0.3, 0.4) is 0 Å². The van der Waals surface area contributed by atoms with E-state index in [0.29, 0.717) is 25.1 Å². The first-order valence-corrected chi connectivity index (χ1v) is 7.25. The molecule has 2 aromatic rings. The van der Waals surface area contributed by atoms with Crippen LogP contribution in [0, 0.1) is 5.82 Å². The molecule has 1 aliphatic rings. The van der Waals surface area contributed by atoms with Gasteiger partial charge in [0.05, 0.1) is 25.4 Å². The number of benzene rings is 1. The lowest BCUT2D eigenvalue weighted by Gasteiger charge is -2.38. The average molecular weight is 320 g/mol. The van der Waals surface area contributed by atoms with Gasteiger partial charge < -0.3 is 14.7 Å². The van der Waals surface area contributed by atoms with Crippen LogP contribution in [0.15, 0.2) is 24.4 Å². The third-order valence-corrected chi connectivity index (χ3v) is 4.06. The van der Waals surface area contributed by atoms with Gasteiger partial charge in [0.1, 0.15) is 11.3 Å². The van der Waals surface area contributed by atoms with Crippen molar-refractivity contribution in [2.75, 3.05) is 20.2 Å². The minimum atomic E-state index is -1.28. The molecular formula is C15H17FN4O3. The molecular weight excluding hydrogens is 303 g/mol. The second-order valence-electron chi connectivity index (χ2n) is 5.54. The maximum absolute atomic E-state index is 14.3. The van der Waals surface area contributed by atoms with Gasteiger partial charge >= 0.3 is 0 Å². The van der Waals surface area contributed by atoms with Gasteiger partial charge in [0, 0.05) is 6.54 Å². The number of halogens is 1. The number of β-amino-alcohol motifs (C(OH)–C–C–N with tert-alkyl or cyclic N) is 1. The van der Waals surface area contributed by atoms with Gasteiger partial charge in [0.25, 0.3) is 5.91 Å². The Balaban J connectivity index is 1.86. The molecule has 8 heteroatoms. The summed E-state index contributed by atoms with van der Waals surface area (Å²) >= 11 is 0. The number of likely N-dealkylation sites (tertiary alicyclic amines) is 1. The highest BCUT2D eigenvalue weighted by Gasteiger charge is 2.39. The van der Waals surface area contributed by atoms with Crippen LogP contribution in [0.1, 0.15) is 28.9 Å². The van der Waals surface area contributed by atoms with Crippen molar-refractivity contribution in [3.05, 3.63) is 41.5 Å². The molecule has 1 fully saturated rings. The molecule has 1 saturated heterocycles. The monoisotopic (exact) mass is 320 g/mol. The number of aliphatic hydroxyl groups is 1. The van der Waals surface area contributed by atoms with Crippen molar-refractivity contribution in [3.63, 3.8) is 0 Å². The van der Waals surface area contributed by atoms with Crippen LogP contribution in [-0.4, -0.2) is 51.5 Å². The maximum Gasteiger partial charge on any atom is 0.257 e. The molecule has 3 rings (SSSR count). The highest BCUT2D eigenvalue weighted by molar-refractivity contribution is 5.95. The largest absolute Gasteiger partial charge is 0.494 e. The molecule has 1 aliphatic heterocycles. The van der Waals surface area contributed by atoms with E-state index in [9.17, 15) is 14.3 Å². The summed E-state index contributed by atoms with van der Waals surface area (Å²) in [7, 11) is 1.34. The zero-order valence-corrected chi connectivity index (χ0v) is 12.6. The molecule has 1 atom stereocenters. The Kier molecular flexibility index (Phi) is 3.99. The smallest absolute Gasteiger partial charge is 0.257 e. The molecule has 2 N–H and O–H groups in total. The zero-order valence-electron chi connectivity index (χ0n) is 12.6. The molecule has 0 bridgehead atoms. The number of nitrogens with zero attached hydrogens (tertiary/aromatic N) is 3. The first kappa shape index (κ1) is 15.4. The van der Waals surface area contributed by atoms with Crippen LogP contribution in [0.2, 0.25) is 0 Å². The van der Waals surface area contributed by atoms with E-state index in [1.54, 1.807) is 6.07 Å². The average Bonchev–Trinajstić information content (AvgIpc) is 3.10. The number of rotatable bonds is 3. The summed E-state index contributed by atoms with van der Waals surface area (Å²) in [4.78, 5) is 14.0. The Hall–Kier alpha value is -2.48. The van der Waals surface area contributed by atoms with Gasteiger partial charge in [-0.15, -0.1) is 0 Å². The van der Waals surface area contributed by atoms with Crippen LogP contribution in [0.25, 0.3) is 0 Å². The molecule has 1 unspecified atom stereocenters. The van der Waals surface area contributed by atoms with Gasteiger partial charge in [0.15, 0.2) is 11.6 Å². The Morgan fingerprint density at radius 1 is 1.52 bits per heavy atom. The fourth-order valence-corrected chi connectivity index (χ4v) is 2.85. The second-order valence-corrected chi connectivity index (χ2v) is 5.54. The quantitative estimate of drug-likeness (QED) is 0.883. The molecule has 0 spiro atoms. The van der Waals surface area contributed by atoms with E-state index < -0.39 is 17.3 Å². The van der Waals surface area contributed by atoms with Gasteiger partial charge in [-0.05, 0) is 25.0 Å². The number of aromatic nitrogens is 3. The van der Waals surface area contributed by atoms with Crippen molar-refractivity contribution in [3.8, 4) is 5.75 Å². The number of nitrogens with one attached hydrogen (secondary N) is 1. The lowest BCUT2D eigenvalue weighted by atomic mass is 9.89. The van der Waals surface area contributed by atoms with E-state index in [0.717, 1.165) is 0 Å². The number of H-pyrrole nitrogens is 1. The van der Waals surface area contributed by atoms with Crippen LogP contribution < -0.4 is 4.74 Å². The molecule has 23 heavy (non-hydrogen) atoms. The summed E-state index contributed by atoms with van der Waals surface area (Å²) in [6, 6.07) is 4.42. The summed E-state index contributed by atoms with van der Waals surface area (Å²) in [5.41, 5.74) is -0.981. The van der Waals surface area contributed by atoms with E-state index in [-0.39, 0.29) is 17.9 Å². The number of methoxy groups -OCH3 is 1. The summed E-state index contributed by atoms with van der Waals surface area (Å²) in [6.07, 6.45) is 2.48. The third kappa shape index (κ3) is 2.77. The maximum atomic E-state index is 14.3. The SMILES string of the molecule is COc1cccc(C(=O)N2CCCC(O)(c3cn[nH]n3)C2)c1F. The normalized spacial score (nSPS) is 21.3. The topological polar surface area (TPSA) is 91.3 Å². The Morgan fingerprint density at radius 2 is 2.35 bits per heavy atom. The van der Waals surface area contributed by atoms with Crippen molar-refractivity contribution in [2.45, 2.75) is 18.4 Å². The Labute approximate surface area is 132 Å². The number of piperidine rings is 1. The van der Waals surface area contributed by atoms with Crippen molar-refractivity contribution in [2.24, 2.45) is 0 Å². The van der Waals surface area contributed by atoms with E-state index in [2.05, 4.69) is 15.4 Å². The molecule has 1 amide bonds. The van der Waals surface area contributed by atoms with Crippen LogP contribution in [0.4, 0.5) is 4.39 Å². The predicted molar refractivity (Wildman–Crippen MR) is 78.4 cm³/mol. The highest BCUT2D eigenvalue weighted by atomic mass is 19.1. The number of ether oxygens (including phenoxy) is 1. The second kappa shape index (κ2) is 5.96. The lowest BCUT2D eigenvalue weighted by molar-refractivity contribution is -0.0321. The number of hydrogen-bond acceptors (Lipinski definition) is 5. The fraction of sp³-hybridized carbons (Fsp3) is 0.400. The Morgan fingerprint density at radius 3 is 3.04 bits per heavy atom. The summed E-state index contributed by atoms with van der Waals surface area (Å²) in [6.45, 7) is 0.477. The number of aromatic amines is 1. The number of amides is 1. The third-order valence-electron chi connectivity index (χ3n) is 4.06. The van der Waals surface area contributed by atoms with Gasteiger partial charge in [-0.2, -0.15) is 15.4 Å². The molecule has 0 aliphatic carbocycles. The summed E-state index contributed by atoms with van der Waals surface area (Å²) < 4.78 is 19.2. The molecule has 122 valence electrons. The van der Waals surface area contributed by atoms with Gasteiger partial charge in [0.2, 0.25) is 0 Å². The van der Waals surface area contributed by atoms with Crippen molar-refractivity contribution in [1.29, 1.82) is 0 Å². The number of hydrogen-bond donors (Lipinski definition) is 2. The van der Waals surface area contributed by atoms with Crippen molar-refractivity contribution >= 4 is 5.91 Å². The van der Waals surface area contributed by atoms with E-state index in [1.807, 2.05) is 0 Å². The minimum Gasteiger partial charge on any atom is -0.494 e. The van der Waals surface area contributed by atoms with Gasteiger partial charge in [-0.25, -0.2) is 4.39 Å². The molecule has 2 heterocycles. The lowest BCUT2D eigenvalue weighted by Crippen LogP contribution is -2.49. The van der Waals surface area contributed by atoms with Crippen LogP contribution >= 0.6 is 0 Å². The standard InChI is InChI=1S/C15H17FN4O3/c1-23-11-5-2-4-10(13(11)16)14(21)20-7-3-6-15(22,9-20)12-8-17-19-18-12/h2,4-5,8,22H,3,6-7,9H2,1H3,(H,17,18,19). The van der Waals surface area contributed by atoms with Crippen LogP contribution in [0.5, 0.6) is 5.75 Å². The fourth-order valence-electron chi connectivity index (χ4n) is 2.85. The molecule has 0 saturated carbocycles. The van der Waals surface area contributed by atoms with Crippen LogP contribution in [-0.2, 0) is 5.60 Å².